The van der Waals surface area contributed by atoms with Crippen molar-refractivity contribution >= 4 is 57.0 Å². The molecule has 1 aliphatic heterocycles. The summed E-state index contributed by atoms with van der Waals surface area (Å²) in [5, 5.41) is 5.44. The van der Waals surface area contributed by atoms with Crippen molar-refractivity contribution in [2.24, 2.45) is 4.99 Å². The molecule has 2 aromatic rings. The van der Waals surface area contributed by atoms with E-state index in [1.54, 1.807) is 31.5 Å². The van der Waals surface area contributed by atoms with Crippen LogP contribution in [0.1, 0.15) is 28.6 Å². The number of rotatable bonds is 6. The Morgan fingerprint density at radius 3 is 2.82 bits per heavy atom. The first kappa shape index (κ1) is 20.0. The van der Waals surface area contributed by atoms with Crippen molar-refractivity contribution in [1.29, 1.82) is 0 Å². The maximum absolute atomic E-state index is 12.4. The highest BCUT2D eigenvalue weighted by Crippen LogP contribution is 2.30. The van der Waals surface area contributed by atoms with Crippen molar-refractivity contribution in [3.8, 4) is 0 Å². The molecule has 11 heteroatoms. The van der Waals surface area contributed by atoms with Gasteiger partial charge in [-0.3, -0.25) is 9.59 Å². The second-order valence-electron chi connectivity index (χ2n) is 5.63. The zero-order valence-electron chi connectivity index (χ0n) is 15.1. The lowest BCUT2D eigenvalue weighted by Gasteiger charge is -2.07. The minimum Gasteiger partial charge on any atom is -0.462 e. The highest BCUT2D eigenvalue weighted by Gasteiger charge is 2.32. The van der Waals surface area contributed by atoms with Crippen LogP contribution < -0.4 is 10.6 Å². The number of thioether (sulfide) groups is 1. The lowest BCUT2D eigenvalue weighted by atomic mass is 10.2. The molecule has 1 saturated heterocycles. The summed E-state index contributed by atoms with van der Waals surface area (Å²) in [6, 6.07) is 3.33. The van der Waals surface area contributed by atoms with Crippen LogP contribution in [0, 0.1) is 6.92 Å². The number of aromatic nitrogens is 2. The second kappa shape index (κ2) is 8.93. The molecule has 0 saturated carbocycles. The fourth-order valence-corrected chi connectivity index (χ4v) is 4.23. The third-order valence-corrected chi connectivity index (χ3v) is 5.55. The molecule has 146 valence electrons. The summed E-state index contributed by atoms with van der Waals surface area (Å²) >= 11 is 2.41. The van der Waals surface area contributed by atoms with Gasteiger partial charge in [0.15, 0.2) is 5.17 Å². The number of esters is 1. The highest BCUT2D eigenvalue weighted by atomic mass is 32.2. The molecule has 3 heterocycles. The highest BCUT2D eigenvalue weighted by molar-refractivity contribution is 8.15. The number of hydrogen-bond acceptors (Lipinski definition) is 9. The Hall–Kier alpha value is -2.79. The van der Waals surface area contributed by atoms with E-state index in [0.29, 0.717) is 15.7 Å². The Morgan fingerprint density at radius 1 is 1.36 bits per heavy atom. The summed E-state index contributed by atoms with van der Waals surface area (Å²) in [4.78, 5) is 49.5. The molecule has 28 heavy (non-hydrogen) atoms. The number of hydrogen-bond donors (Lipinski definition) is 2. The summed E-state index contributed by atoms with van der Waals surface area (Å²) < 4.78 is 5.01. The molecule has 2 aromatic heterocycles. The quantitative estimate of drug-likeness (QED) is 0.689. The van der Waals surface area contributed by atoms with Crippen LogP contribution in [-0.4, -0.2) is 44.8 Å². The van der Waals surface area contributed by atoms with Gasteiger partial charge >= 0.3 is 5.97 Å². The van der Waals surface area contributed by atoms with Crippen LogP contribution in [0.5, 0.6) is 0 Å². The molecule has 0 bridgehead atoms. The van der Waals surface area contributed by atoms with E-state index in [2.05, 4.69) is 25.6 Å². The summed E-state index contributed by atoms with van der Waals surface area (Å²) in [5.41, 5.74) is 0.310. The number of nitrogens with zero attached hydrogens (tertiary/aromatic N) is 3. The van der Waals surface area contributed by atoms with Gasteiger partial charge in [0.05, 0.1) is 12.2 Å². The van der Waals surface area contributed by atoms with E-state index >= 15 is 0 Å². The molecule has 1 fully saturated rings. The summed E-state index contributed by atoms with van der Waals surface area (Å²) in [5.74, 6) is -0.962. The lowest BCUT2D eigenvalue weighted by molar-refractivity contribution is -0.122. The van der Waals surface area contributed by atoms with Crippen molar-refractivity contribution in [3.63, 3.8) is 0 Å². The molecule has 1 atom stereocenters. The number of amidine groups is 1. The van der Waals surface area contributed by atoms with Gasteiger partial charge in [-0.25, -0.2) is 14.8 Å². The predicted molar refractivity (Wildman–Crippen MR) is 107 cm³/mol. The van der Waals surface area contributed by atoms with Crippen LogP contribution in [0.3, 0.4) is 0 Å². The molecule has 0 radical (unpaired) electrons. The van der Waals surface area contributed by atoms with Crippen molar-refractivity contribution in [3.05, 3.63) is 35.0 Å². The van der Waals surface area contributed by atoms with Crippen molar-refractivity contribution < 1.29 is 19.1 Å². The number of carbonyl (C=O) groups is 3. The molecule has 3 rings (SSSR count). The zero-order valence-corrected chi connectivity index (χ0v) is 16.7. The predicted octanol–water partition coefficient (Wildman–Crippen LogP) is 2.27. The van der Waals surface area contributed by atoms with Crippen LogP contribution in [0.4, 0.5) is 10.9 Å². The number of thiophene rings is 1. The molecule has 1 aliphatic rings. The number of aliphatic imine (C=N–C) groups is 1. The van der Waals surface area contributed by atoms with Crippen LogP contribution in [0.25, 0.3) is 0 Å². The van der Waals surface area contributed by atoms with Crippen molar-refractivity contribution in [2.75, 3.05) is 11.9 Å². The first-order chi connectivity index (χ1) is 13.5. The van der Waals surface area contributed by atoms with Gasteiger partial charge in [0, 0.05) is 23.7 Å². The van der Waals surface area contributed by atoms with Crippen molar-refractivity contribution in [2.45, 2.75) is 25.5 Å². The number of aryl methyl sites for hydroxylation is 1. The van der Waals surface area contributed by atoms with E-state index in [4.69, 9.17) is 4.74 Å². The minimum atomic E-state index is -0.630. The Balaban J connectivity index is 1.63. The molecule has 0 spiro atoms. The normalized spacial score (nSPS) is 17.4. The van der Waals surface area contributed by atoms with Crippen LogP contribution in [0.2, 0.25) is 0 Å². The number of anilines is 1. The van der Waals surface area contributed by atoms with Crippen LogP contribution >= 0.6 is 23.1 Å². The van der Waals surface area contributed by atoms with Crippen LogP contribution in [-0.2, 0) is 14.3 Å². The average Bonchev–Trinajstić information content (AvgIpc) is 3.18. The lowest BCUT2D eigenvalue weighted by Crippen LogP contribution is -2.28. The van der Waals surface area contributed by atoms with E-state index in [1.807, 2.05) is 6.92 Å². The molecular formula is C17H17N5O4S2. The summed E-state index contributed by atoms with van der Waals surface area (Å²) in [7, 11) is 0. The first-order valence-corrected chi connectivity index (χ1v) is 10.1. The summed E-state index contributed by atoms with van der Waals surface area (Å²) in [6.07, 6.45) is 3.02. The third-order valence-electron chi connectivity index (χ3n) is 3.50. The van der Waals surface area contributed by atoms with Crippen molar-refractivity contribution in [1.82, 2.24) is 15.3 Å². The molecule has 0 aliphatic carbocycles. The average molecular weight is 419 g/mol. The van der Waals surface area contributed by atoms with E-state index in [1.165, 1.54) is 11.3 Å². The van der Waals surface area contributed by atoms with Gasteiger partial charge in [0.1, 0.15) is 10.3 Å². The maximum Gasteiger partial charge on any atom is 0.341 e. The molecule has 2 N–H and O–H groups in total. The van der Waals surface area contributed by atoms with Gasteiger partial charge in [0.25, 0.3) is 5.95 Å². The third kappa shape index (κ3) is 4.93. The van der Waals surface area contributed by atoms with Gasteiger partial charge in [-0.1, -0.05) is 11.8 Å². The zero-order chi connectivity index (χ0) is 20.1. The largest absolute Gasteiger partial charge is 0.462 e. The summed E-state index contributed by atoms with van der Waals surface area (Å²) in [6.45, 7) is 3.79. The smallest absolute Gasteiger partial charge is 0.341 e. The number of nitrogens with one attached hydrogen (secondary N) is 2. The number of carbonyl (C=O) groups excluding carboxylic acids is 3. The topological polar surface area (TPSA) is 123 Å². The van der Waals surface area contributed by atoms with Gasteiger partial charge in [-0.2, -0.15) is 4.99 Å². The van der Waals surface area contributed by atoms with Gasteiger partial charge < -0.3 is 15.4 Å². The van der Waals surface area contributed by atoms with Crippen LogP contribution in [0.15, 0.2) is 29.5 Å². The molecular weight excluding hydrogens is 402 g/mol. The maximum atomic E-state index is 12.4. The molecule has 0 aromatic carbocycles. The Kier molecular flexibility index (Phi) is 6.37. The van der Waals surface area contributed by atoms with E-state index in [-0.39, 0.29) is 30.8 Å². The Morgan fingerprint density at radius 2 is 2.11 bits per heavy atom. The van der Waals surface area contributed by atoms with Gasteiger partial charge in [-0.15, -0.1) is 11.3 Å². The standard InChI is InChI=1S/C17H17N5O4S2/c1-3-26-15(25)10-7-9(2)27-14(10)20-12(23)8-11-13(24)21-17(28-11)22-16-18-5-4-6-19-16/h4-7,11H,3,8H2,1-2H3,(H,20,23)(H,18,19,21,22,24). The Bertz CT molecular complexity index is 929. The van der Waals surface area contributed by atoms with Gasteiger partial charge in [-0.05, 0) is 26.0 Å². The molecule has 9 nitrogen and oxygen atoms in total. The minimum absolute atomic E-state index is 0.0651. The van der Waals surface area contributed by atoms with Gasteiger partial charge in [0.2, 0.25) is 11.8 Å². The Labute approximate surface area is 169 Å². The fraction of sp³-hybridized carbons (Fsp3) is 0.294. The fourth-order valence-electron chi connectivity index (χ4n) is 2.35. The molecule has 1 unspecified atom stereocenters. The SMILES string of the molecule is CCOC(=O)c1cc(C)sc1NC(=O)CC1S/C(=N\c2ncccn2)NC1=O. The van der Waals surface area contributed by atoms with E-state index < -0.39 is 11.2 Å². The number of amides is 2. The second-order valence-corrected chi connectivity index (χ2v) is 8.08. The van der Waals surface area contributed by atoms with E-state index in [0.717, 1.165) is 16.6 Å². The van der Waals surface area contributed by atoms with E-state index in [9.17, 15) is 14.4 Å². The number of ether oxygens (including phenoxy) is 1. The first-order valence-electron chi connectivity index (χ1n) is 8.37. The monoisotopic (exact) mass is 419 g/mol. The molecule has 2 amide bonds.